The van der Waals surface area contributed by atoms with Gasteiger partial charge in [0.25, 0.3) is 0 Å². The normalized spacial score (nSPS) is 10.3. The van der Waals surface area contributed by atoms with Crippen molar-refractivity contribution in [3.8, 4) is 133 Å². The number of rotatable bonds is 12. The van der Waals surface area contributed by atoms with E-state index >= 15 is 0 Å². The number of thiophene rings is 4. The fraction of sp³-hybridized carbons (Fsp3) is 0.0667. The Hall–Kier alpha value is -13.7. The molecule has 0 aliphatic heterocycles. The Labute approximate surface area is 752 Å². The summed E-state index contributed by atoms with van der Waals surface area (Å²) in [5.74, 6) is 0. The van der Waals surface area contributed by atoms with Gasteiger partial charge in [-0.1, -0.05) is 404 Å². The summed E-state index contributed by atoms with van der Waals surface area (Å²) in [6.07, 6.45) is 0. The van der Waals surface area contributed by atoms with E-state index in [0.29, 0.717) is 0 Å². The monoisotopic (exact) mass is 1670 g/mol. The van der Waals surface area contributed by atoms with Crippen molar-refractivity contribution in [3.63, 3.8) is 0 Å². The largest absolute Gasteiger partial charge is 0.152 e. The number of hydrogen-bond donors (Lipinski definition) is 0. The van der Waals surface area contributed by atoms with Gasteiger partial charge in [-0.15, -0.1) is 34.0 Å². The van der Waals surface area contributed by atoms with Gasteiger partial charge in [-0.3, -0.25) is 0 Å². The van der Waals surface area contributed by atoms with Gasteiger partial charge < -0.3 is 0 Å². The van der Waals surface area contributed by atoms with Crippen LogP contribution in [0.3, 0.4) is 0 Å². The second-order valence-corrected chi connectivity index (χ2v) is 34.9. The Morgan fingerprint density at radius 1 is 0.137 bits per heavy atom. The van der Waals surface area contributed by atoms with Gasteiger partial charge in [-0.2, -0.15) is 11.3 Å². The van der Waals surface area contributed by atoms with Crippen molar-refractivity contribution in [3.05, 3.63) is 525 Å². The molecule has 0 nitrogen and oxygen atoms in total. The maximum absolute atomic E-state index is 2.29. The highest BCUT2D eigenvalue weighted by Gasteiger charge is 2.11. The summed E-state index contributed by atoms with van der Waals surface area (Å²) < 4.78 is 0. The van der Waals surface area contributed by atoms with Crippen LogP contribution >= 0.6 is 45.3 Å². The zero-order valence-corrected chi connectivity index (χ0v) is 75.1. The van der Waals surface area contributed by atoms with E-state index in [2.05, 4.69) is 514 Å². The van der Waals surface area contributed by atoms with Crippen LogP contribution in [0, 0.1) is 55.4 Å². The molecule has 0 atom stereocenters. The zero-order chi connectivity index (χ0) is 85.9. The Kier molecular flexibility index (Phi) is 33.0. The SMILES string of the molecule is Cc1cc(-c2ccccc2)cs1.Cc1ccc(-c2cc(-c3ccccc3)cc(-c3ccccc3)c2)cc1.Cc1ccc(-c2cccc(-c3ccccc3)c2)cc1.Cc1ccc(-c2ccccc2)s1.Cc1cccc(-c2cc(-c3ccccc3)cc(-c3ccccc3)c2)c1.Cc1cccc(-c2cccc(-c3ccccc3)c2)c1.Cc1cccs1.Cc1ccsc1. The van der Waals surface area contributed by atoms with Crippen LogP contribution in [0.5, 0.6) is 0 Å². The van der Waals surface area contributed by atoms with Crippen LogP contribution in [-0.2, 0) is 0 Å². The lowest BCUT2D eigenvalue weighted by atomic mass is 9.93. The summed E-state index contributed by atoms with van der Waals surface area (Å²) in [6, 6.07) is 163. The highest BCUT2D eigenvalue weighted by atomic mass is 32.1. The van der Waals surface area contributed by atoms with Crippen molar-refractivity contribution in [2.45, 2.75) is 55.4 Å². The maximum Gasteiger partial charge on any atom is 0.0345 e. The van der Waals surface area contributed by atoms with Crippen LogP contribution in [-0.4, -0.2) is 0 Å². The first-order chi connectivity index (χ1) is 60.7. The van der Waals surface area contributed by atoms with Gasteiger partial charge in [0.1, 0.15) is 0 Å². The Morgan fingerprint density at radius 2 is 0.419 bits per heavy atom. The van der Waals surface area contributed by atoms with Gasteiger partial charge in [0, 0.05) is 19.5 Å². The highest BCUT2D eigenvalue weighted by Crippen LogP contribution is 2.37. The Bertz CT molecular complexity index is 6250. The third-order valence-electron chi connectivity index (χ3n) is 20.7. The summed E-state index contributed by atoms with van der Waals surface area (Å²) in [4.78, 5) is 5.48. The number of benzene rings is 16. The highest BCUT2D eigenvalue weighted by molar-refractivity contribution is 7.15. The fourth-order valence-corrected chi connectivity index (χ4v) is 16.8. The van der Waals surface area contributed by atoms with Gasteiger partial charge in [0.05, 0.1) is 0 Å². The predicted molar refractivity (Wildman–Crippen MR) is 546 cm³/mol. The minimum absolute atomic E-state index is 1.24. The molecule has 4 aromatic heterocycles. The zero-order valence-electron chi connectivity index (χ0n) is 71.8. The van der Waals surface area contributed by atoms with Crippen LogP contribution in [0.4, 0.5) is 0 Å². The van der Waals surface area contributed by atoms with E-state index in [1.54, 1.807) is 34.0 Å². The van der Waals surface area contributed by atoms with Crippen LogP contribution < -0.4 is 0 Å². The van der Waals surface area contributed by atoms with E-state index in [1.165, 1.54) is 175 Å². The molecule has 4 heterocycles. The van der Waals surface area contributed by atoms with E-state index in [0.717, 1.165) is 0 Å². The molecule has 0 amide bonds. The van der Waals surface area contributed by atoms with Gasteiger partial charge in [-0.25, -0.2) is 0 Å². The first-order valence-corrected chi connectivity index (χ1v) is 45.6. The molecule has 0 saturated carbocycles. The third kappa shape index (κ3) is 27.2. The molecule has 0 fully saturated rings. The lowest BCUT2D eigenvalue weighted by Gasteiger charge is -2.11. The minimum atomic E-state index is 1.24. The molecule has 0 aliphatic carbocycles. The topological polar surface area (TPSA) is 0 Å². The van der Waals surface area contributed by atoms with Crippen molar-refractivity contribution >= 4 is 45.3 Å². The molecule has 0 bridgehead atoms. The fourth-order valence-electron chi connectivity index (χ4n) is 14.0. The molecule has 4 heteroatoms. The average molecular weight is 1670 g/mol. The van der Waals surface area contributed by atoms with Crippen molar-refractivity contribution in [2.24, 2.45) is 0 Å². The Morgan fingerprint density at radius 3 is 0.694 bits per heavy atom. The lowest BCUT2D eigenvalue weighted by Crippen LogP contribution is -1.86. The van der Waals surface area contributed by atoms with Gasteiger partial charge in [0.2, 0.25) is 0 Å². The summed E-state index contributed by atoms with van der Waals surface area (Å²) >= 11 is 7.16. The molecule has 0 saturated heterocycles. The maximum atomic E-state index is 2.29. The summed E-state index contributed by atoms with van der Waals surface area (Å²) in [5, 5.41) is 8.48. The van der Waals surface area contributed by atoms with Crippen molar-refractivity contribution in [1.82, 2.24) is 0 Å². The van der Waals surface area contributed by atoms with Gasteiger partial charge >= 0.3 is 0 Å². The second kappa shape index (κ2) is 46.4. The summed E-state index contributed by atoms with van der Waals surface area (Å²) in [6.45, 7) is 17.0. The molecular formula is C120H104S4. The molecule has 0 spiro atoms. The molecule has 608 valence electrons. The van der Waals surface area contributed by atoms with Crippen molar-refractivity contribution in [1.29, 1.82) is 0 Å². The van der Waals surface area contributed by atoms with Crippen molar-refractivity contribution in [2.75, 3.05) is 0 Å². The molecule has 16 aromatic carbocycles. The summed E-state index contributed by atoms with van der Waals surface area (Å²) in [7, 11) is 0. The van der Waals surface area contributed by atoms with Gasteiger partial charge in [0.15, 0.2) is 0 Å². The third-order valence-corrected chi connectivity index (χ3v) is 24.2. The standard InChI is InChI=1S/2C25H20.2C19H16.2C11H10S.2C5H6S/c1-19-9-8-14-22(15-19)25-17-23(20-10-4-2-5-11-20)16-24(18-25)21-12-6-3-7-13-21;1-19-12-14-22(15-13-19)25-17-23(20-8-4-2-5-9-20)16-24(18-25)21-10-6-3-7-11-21;1-15-7-5-10-17(13-15)19-12-6-11-18(14-19)16-8-3-2-4-9-16;1-15-10-12-17(13-11-15)19-9-5-8-18(14-19)16-6-3-2-4-7-16;1-9-7-11(8-12-9)10-5-3-2-4-6-10;1-9-7-8-11(12-9)10-5-3-2-4-6-10;1-5-2-3-6-4-5;1-5-3-2-4-6-5/h2*2-18H,1H3;2*2-14H,1H3;2*2-8H,1H3;2*2-4H,1H3. The number of hydrogen-bond acceptors (Lipinski definition) is 4. The molecule has 20 rings (SSSR count). The van der Waals surface area contributed by atoms with E-state index in [-0.39, 0.29) is 0 Å². The average Bonchev–Trinajstić information content (AvgIpc) is 1.64. The summed E-state index contributed by atoms with van der Waals surface area (Å²) in [5.41, 5.74) is 35.6. The minimum Gasteiger partial charge on any atom is -0.152 e. The molecule has 0 radical (unpaired) electrons. The quantitative estimate of drug-likeness (QED) is 0.114. The molecular weight excluding hydrogens is 1570 g/mol. The van der Waals surface area contributed by atoms with E-state index in [9.17, 15) is 0 Å². The number of aryl methyl sites for hydroxylation is 8. The molecule has 0 N–H and O–H groups in total. The van der Waals surface area contributed by atoms with Crippen LogP contribution in [0.2, 0.25) is 0 Å². The van der Waals surface area contributed by atoms with E-state index in [1.807, 2.05) is 35.6 Å². The first kappa shape index (κ1) is 88.1. The first-order valence-electron chi connectivity index (χ1n) is 42.1. The molecule has 20 aromatic rings. The Balaban J connectivity index is 0.000000126. The van der Waals surface area contributed by atoms with Crippen LogP contribution in [0.15, 0.2) is 483 Å². The van der Waals surface area contributed by atoms with Crippen LogP contribution in [0.25, 0.3) is 133 Å². The molecule has 0 aliphatic rings. The predicted octanol–water partition coefficient (Wildman–Crippen LogP) is 36.2. The molecule has 124 heavy (non-hydrogen) atoms. The van der Waals surface area contributed by atoms with E-state index in [4.69, 9.17) is 0 Å². The van der Waals surface area contributed by atoms with Gasteiger partial charge in [-0.05, 0) is 289 Å². The lowest BCUT2D eigenvalue weighted by molar-refractivity contribution is 1.46. The second-order valence-electron chi connectivity index (χ2n) is 30.5. The molecule has 0 unspecified atom stereocenters. The smallest absolute Gasteiger partial charge is 0.0345 e. The van der Waals surface area contributed by atoms with E-state index < -0.39 is 0 Å². The van der Waals surface area contributed by atoms with Crippen molar-refractivity contribution < 1.29 is 0 Å². The van der Waals surface area contributed by atoms with Crippen LogP contribution in [0.1, 0.15) is 42.4 Å².